The Morgan fingerprint density at radius 3 is 2.62 bits per heavy atom. The molecule has 116 valence electrons. The molecule has 3 unspecified atom stereocenters. The molecule has 2 rings (SSSR count). The summed E-state index contributed by atoms with van der Waals surface area (Å²) in [6.07, 6.45) is 3.58. The molecule has 1 fully saturated rings. The lowest BCUT2D eigenvalue weighted by atomic mass is 9.78. The van der Waals surface area contributed by atoms with Gasteiger partial charge in [-0.15, -0.1) is 0 Å². The Balaban J connectivity index is 2.09. The van der Waals surface area contributed by atoms with Crippen molar-refractivity contribution in [2.24, 2.45) is 11.8 Å². The van der Waals surface area contributed by atoms with Gasteiger partial charge in [0.2, 0.25) is 0 Å². The van der Waals surface area contributed by atoms with Gasteiger partial charge in [0.1, 0.15) is 0 Å². The zero-order chi connectivity index (χ0) is 15.4. The van der Waals surface area contributed by atoms with Gasteiger partial charge in [-0.25, -0.2) is 0 Å². The van der Waals surface area contributed by atoms with E-state index in [1.54, 1.807) is 0 Å². The Morgan fingerprint density at radius 1 is 1.19 bits per heavy atom. The summed E-state index contributed by atoms with van der Waals surface area (Å²) in [6, 6.07) is 8.37. The Morgan fingerprint density at radius 2 is 1.90 bits per heavy atom. The molecule has 1 aromatic carbocycles. The van der Waals surface area contributed by atoms with E-state index in [0.29, 0.717) is 23.9 Å². The molecule has 0 aromatic heterocycles. The fourth-order valence-corrected chi connectivity index (χ4v) is 3.15. The third-order valence-electron chi connectivity index (χ3n) is 4.64. The van der Waals surface area contributed by atoms with Gasteiger partial charge < -0.3 is 10.6 Å². The van der Waals surface area contributed by atoms with Crippen molar-refractivity contribution in [1.29, 1.82) is 0 Å². The van der Waals surface area contributed by atoms with Crippen molar-refractivity contribution in [3.8, 4) is 0 Å². The van der Waals surface area contributed by atoms with Crippen LogP contribution in [0.1, 0.15) is 57.3 Å². The van der Waals surface area contributed by atoms with Gasteiger partial charge in [-0.1, -0.05) is 38.8 Å². The number of carbonyl (C=O) groups is 1. The quantitative estimate of drug-likeness (QED) is 0.877. The number of rotatable bonds is 4. The fraction of sp³-hybridized carbons (Fsp3) is 0.611. The van der Waals surface area contributed by atoms with Gasteiger partial charge >= 0.3 is 0 Å². The second-order valence-electron chi connectivity index (χ2n) is 6.69. The summed E-state index contributed by atoms with van der Waals surface area (Å²) >= 11 is 0. The molecule has 1 aliphatic rings. The lowest BCUT2D eigenvalue weighted by Gasteiger charge is -2.34. The molecule has 0 heterocycles. The average molecular weight is 288 g/mol. The van der Waals surface area contributed by atoms with Crippen molar-refractivity contribution in [1.82, 2.24) is 5.32 Å². The topological polar surface area (TPSA) is 41.1 Å². The summed E-state index contributed by atoms with van der Waals surface area (Å²) in [5.74, 6) is 1.28. The van der Waals surface area contributed by atoms with E-state index in [0.717, 1.165) is 17.7 Å². The summed E-state index contributed by atoms with van der Waals surface area (Å²) < 4.78 is 0. The highest BCUT2D eigenvalue weighted by Crippen LogP contribution is 2.30. The third-order valence-corrected chi connectivity index (χ3v) is 4.64. The van der Waals surface area contributed by atoms with Gasteiger partial charge in [0.05, 0.1) is 5.56 Å². The Kier molecular flexibility index (Phi) is 5.27. The van der Waals surface area contributed by atoms with Crippen molar-refractivity contribution < 1.29 is 4.79 Å². The number of amides is 1. The monoisotopic (exact) mass is 288 g/mol. The van der Waals surface area contributed by atoms with Gasteiger partial charge in [-0.2, -0.15) is 0 Å². The second-order valence-corrected chi connectivity index (χ2v) is 6.69. The summed E-state index contributed by atoms with van der Waals surface area (Å²) in [6.45, 7) is 8.71. The van der Waals surface area contributed by atoms with Gasteiger partial charge in [0.15, 0.2) is 0 Å². The van der Waals surface area contributed by atoms with E-state index in [4.69, 9.17) is 0 Å². The van der Waals surface area contributed by atoms with Gasteiger partial charge in [0.25, 0.3) is 5.91 Å². The summed E-state index contributed by atoms with van der Waals surface area (Å²) in [4.78, 5) is 12.6. The third kappa shape index (κ3) is 3.99. The molecule has 0 aliphatic heterocycles. The lowest BCUT2D eigenvalue weighted by Crippen LogP contribution is -2.43. The van der Waals surface area contributed by atoms with E-state index in [2.05, 4.69) is 38.3 Å². The highest BCUT2D eigenvalue weighted by molar-refractivity contribution is 5.99. The Bertz CT molecular complexity index is 484. The van der Waals surface area contributed by atoms with Gasteiger partial charge in [0, 0.05) is 17.8 Å². The maximum Gasteiger partial charge on any atom is 0.253 e. The molecule has 0 radical (unpaired) electrons. The molecular weight excluding hydrogens is 260 g/mol. The molecule has 3 nitrogen and oxygen atoms in total. The molecular formula is C18H28N2O. The van der Waals surface area contributed by atoms with Gasteiger partial charge in [-0.3, -0.25) is 4.79 Å². The van der Waals surface area contributed by atoms with Crippen LogP contribution in [0.25, 0.3) is 0 Å². The smallest absolute Gasteiger partial charge is 0.253 e. The predicted octanol–water partition coefficient (Wildman–Crippen LogP) is 4.06. The molecule has 0 spiro atoms. The SMILES string of the molecule is CC(C)Nc1ccccc1C(=O)NC1CCCC(C)C1C. The van der Waals surface area contributed by atoms with Crippen LogP contribution in [0, 0.1) is 11.8 Å². The number of benzene rings is 1. The van der Waals surface area contributed by atoms with Crippen molar-refractivity contribution >= 4 is 11.6 Å². The van der Waals surface area contributed by atoms with Crippen LogP contribution in [0.15, 0.2) is 24.3 Å². The van der Waals surface area contributed by atoms with E-state index >= 15 is 0 Å². The Hall–Kier alpha value is -1.51. The van der Waals surface area contributed by atoms with Crippen LogP contribution >= 0.6 is 0 Å². The number of hydrogen-bond donors (Lipinski definition) is 2. The number of carbonyl (C=O) groups excluding carboxylic acids is 1. The van der Waals surface area contributed by atoms with Crippen LogP contribution in [-0.4, -0.2) is 18.0 Å². The first kappa shape index (κ1) is 15.9. The first-order valence-corrected chi connectivity index (χ1v) is 8.15. The van der Waals surface area contributed by atoms with Crippen LogP contribution in [0.3, 0.4) is 0 Å². The molecule has 0 bridgehead atoms. The first-order chi connectivity index (χ1) is 9.99. The standard InChI is InChI=1S/C18H28N2O/c1-12(2)19-17-10-6-5-9-15(17)18(21)20-16-11-7-8-13(3)14(16)4/h5-6,9-10,12-14,16,19H,7-8,11H2,1-4H3,(H,20,21). The predicted molar refractivity (Wildman–Crippen MR) is 88.6 cm³/mol. The molecule has 1 aromatic rings. The summed E-state index contributed by atoms with van der Waals surface area (Å²) in [7, 11) is 0. The Labute approximate surface area is 128 Å². The summed E-state index contributed by atoms with van der Waals surface area (Å²) in [5.41, 5.74) is 1.66. The minimum Gasteiger partial charge on any atom is -0.382 e. The van der Waals surface area contributed by atoms with E-state index < -0.39 is 0 Å². The molecule has 2 N–H and O–H groups in total. The molecule has 0 saturated heterocycles. The maximum absolute atomic E-state index is 12.6. The van der Waals surface area contributed by atoms with Crippen molar-refractivity contribution in [3.05, 3.63) is 29.8 Å². The number of para-hydroxylation sites is 1. The van der Waals surface area contributed by atoms with Gasteiger partial charge in [-0.05, 0) is 44.2 Å². The van der Waals surface area contributed by atoms with Crippen molar-refractivity contribution in [2.75, 3.05) is 5.32 Å². The van der Waals surface area contributed by atoms with E-state index in [1.807, 2.05) is 24.3 Å². The van der Waals surface area contributed by atoms with Crippen LogP contribution in [-0.2, 0) is 0 Å². The highest BCUT2D eigenvalue weighted by Gasteiger charge is 2.28. The molecule has 21 heavy (non-hydrogen) atoms. The maximum atomic E-state index is 12.6. The minimum atomic E-state index is 0.0460. The molecule has 1 saturated carbocycles. The van der Waals surface area contributed by atoms with E-state index in [1.165, 1.54) is 12.8 Å². The minimum absolute atomic E-state index is 0.0460. The highest BCUT2D eigenvalue weighted by atomic mass is 16.1. The fourth-order valence-electron chi connectivity index (χ4n) is 3.15. The van der Waals surface area contributed by atoms with Crippen LogP contribution < -0.4 is 10.6 Å². The average Bonchev–Trinajstić information content (AvgIpc) is 2.44. The largest absolute Gasteiger partial charge is 0.382 e. The second kappa shape index (κ2) is 6.97. The van der Waals surface area contributed by atoms with Crippen molar-refractivity contribution in [3.63, 3.8) is 0 Å². The number of hydrogen-bond acceptors (Lipinski definition) is 2. The van der Waals surface area contributed by atoms with E-state index in [9.17, 15) is 4.79 Å². The number of anilines is 1. The summed E-state index contributed by atoms with van der Waals surface area (Å²) in [5, 5.41) is 6.60. The molecule has 1 amide bonds. The lowest BCUT2D eigenvalue weighted by molar-refractivity contribution is 0.0892. The normalized spacial score (nSPS) is 25.7. The molecule has 3 heteroatoms. The zero-order valence-corrected chi connectivity index (χ0v) is 13.6. The van der Waals surface area contributed by atoms with Crippen LogP contribution in [0.2, 0.25) is 0 Å². The molecule has 1 aliphatic carbocycles. The van der Waals surface area contributed by atoms with Crippen LogP contribution in [0.4, 0.5) is 5.69 Å². The first-order valence-electron chi connectivity index (χ1n) is 8.15. The molecule has 3 atom stereocenters. The van der Waals surface area contributed by atoms with Crippen LogP contribution in [0.5, 0.6) is 0 Å². The van der Waals surface area contributed by atoms with Crippen molar-refractivity contribution in [2.45, 2.75) is 59.0 Å². The zero-order valence-electron chi connectivity index (χ0n) is 13.6. The number of nitrogens with one attached hydrogen (secondary N) is 2. The van der Waals surface area contributed by atoms with E-state index in [-0.39, 0.29) is 5.91 Å².